The van der Waals surface area contributed by atoms with Crippen LogP contribution < -0.4 is 15.6 Å². The Kier molecular flexibility index (Phi) is 10.1. The van der Waals surface area contributed by atoms with Crippen LogP contribution in [0.4, 0.5) is 11.4 Å². The minimum absolute atomic E-state index is 0.116. The smallest absolute Gasteiger partial charge is 0.273 e. The zero-order chi connectivity index (χ0) is 27.6. The van der Waals surface area contributed by atoms with Crippen molar-refractivity contribution in [2.24, 2.45) is 5.10 Å². The molecule has 2 amide bonds. The van der Waals surface area contributed by atoms with Gasteiger partial charge in [0.2, 0.25) is 0 Å². The predicted octanol–water partition coefficient (Wildman–Crippen LogP) is 4.38. The van der Waals surface area contributed by atoms with E-state index in [4.69, 9.17) is 9.84 Å². The van der Waals surface area contributed by atoms with E-state index in [0.717, 1.165) is 35.5 Å². The van der Waals surface area contributed by atoms with Crippen molar-refractivity contribution >= 4 is 41.2 Å². The maximum Gasteiger partial charge on any atom is 0.273 e. The maximum absolute atomic E-state index is 13.3. The Bertz CT molecular complexity index is 1340. The summed E-state index contributed by atoms with van der Waals surface area (Å²) in [6, 6.07) is 18.8. The fourth-order valence-electron chi connectivity index (χ4n) is 4.17. The first-order chi connectivity index (χ1) is 18.9. The average Bonchev–Trinajstić information content (AvgIpc) is 2.96. The Hall–Kier alpha value is -3.66. The van der Waals surface area contributed by atoms with Gasteiger partial charge in [-0.25, -0.2) is 5.43 Å². The van der Waals surface area contributed by atoms with Gasteiger partial charge in [-0.1, -0.05) is 30.3 Å². The fraction of sp³-hybridized carbons (Fsp3) is 0.300. The number of carbonyl (C=O) groups is 2. The second-order valence-electron chi connectivity index (χ2n) is 9.30. The van der Waals surface area contributed by atoms with Gasteiger partial charge in [0.1, 0.15) is 0 Å². The number of hydrogen-bond donors (Lipinski definition) is 3. The standard InChI is InChI=1S/C30H34N4O4S/c1-21-6-7-23(16-22(21)2)19-31-33-30(37)27-18-26(34-10-13-38-14-11-34)8-9-28(27)32-29(36)25-5-3-4-24(17-25)20-39-15-12-35/h3-9,16-19,35H,10-15,20H2,1-2H3,(H,32,36)(H,33,37)/b31-19+. The van der Waals surface area contributed by atoms with E-state index in [1.165, 1.54) is 5.56 Å². The van der Waals surface area contributed by atoms with Gasteiger partial charge in [-0.05, 0) is 66.4 Å². The molecule has 0 bridgehead atoms. The van der Waals surface area contributed by atoms with Crippen LogP contribution in [0.3, 0.4) is 0 Å². The molecule has 1 aliphatic rings. The number of aliphatic hydroxyl groups is 1. The van der Waals surface area contributed by atoms with E-state index in [1.807, 2.05) is 56.3 Å². The molecule has 3 N–H and O–H groups in total. The number of benzene rings is 3. The zero-order valence-corrected chi connectivity index (χ0v) is 23.1. The van der Waals surface area contributed by atoms with E-state index in [0.29, 0.717) is 41.5 Å². The number of thioether (sulfide) groups is 1. The van der Waals surface area contributed by atoms with Crippen LogP contribution in [0.1, 0.15) is 43.0 Å². The highest BCUT2D eigenvalue weighted by molar-refractivity contribution is 7.98. The quantitative estimate of drug-likeness (QED) is 0.198. The van der Waals surface area contributed by atoms with Crippen molar-refractivity contribution < 1.29 is 19.4 Å². The lowest BCUT2D eigenvalue weighted by atomic mass is 10.1. The van der Waals surface area contributed by atoms with Crippen LogP contribution in [-0.4, -0.2) is 61.8 Å². The Labute approximate surface area is 233 Å². The molecule has 1 aliphatic heterocycles. The van der Waals surface area contributed by atoms with Gasteiger partial charge < -0.3 is 20.1 Å². The molecule has 9 heteroatoms. The van der Waals surface area contributed by atoms with Crippen LogP contribution in [-0.2, 0) is 10.5 Å². The first kappa shape index (κ1) is 28.4. The number of hydrazone groups is 1. The number of rotatable bonds is 10. The van der Waals surface area contributed by atoms with E-state index in [2.05, 4.69) is 20.7 Å². The van der Waals surface area contributed by atoms with E-state index in [9.17, 15) is 9.59 Å². The van der Waals surface area contributed by atoms with Crippen molar-refractivity contribution in [2.75, 3.05) is 48.9 Å². The summed E-state index contributed by atoms with van der Waals surface area (Å²) in [7, 11) is 0. The first-order valence-electron chi connectivity index (χ1n) is 12.9. The highest BCUT2D eigenvalue weighted by Crippen LogP contribution is 2.25. The molecule has 39 heavy (non-hydrogen) atoms. The lowest BCUT2D eigenvalue weighted by Gasteiger charge is -2.29. The lowest BCUT2D eigenvalue weighted by molar-refractivity contribution is 0.0956. The number of anilines is 2. The SMILES string of the molecule is Cc1ccc(/C=N/NC(=O)c2cc(N3CCOCC3)ccc2NC(=O)c2cccc(CSCCO)c2)cc1C. The van der Waals surface area contributed by atoms with Gasteiger partial charge in [0, 0.05) is 35.8 Å². The third-order valence-electron chi connectivity index (χ3n) is 6.48. The highest BCUT2D eigenvalue weighted by Gasteiger charge is 2.19. The second-order valence-corrected chi connectivity index (χ2v) is 10.4. The van der Waals surface area contributed by atoms with Crippen LogP contribution >= 0.6 is 11.8 Å². The number of ether oxygens (including phenoxy) is 1. The monoisotopic (exact) mass is 546 g/mol. The second kappa shape index (κ2) is 13.9. The molecule has 1 saturated heterocycles. The minimum Gasteiger partial charge on any atom is -0.396 e. The molecule has 1 fully saturated rings. The summed E-state index contributed by atoms with van der Waals surface area (Å²) in [5.41, 5.74) is 8.90. The Morgan fingerprint density at radius 1 is 1.03 bits per heavy atom. The molecule has 0 aromatic heterocycles. The maximum atomic E-state index is 13.3. The van der Waals surface area contributed by atoms with Crippen LogP contribution in [0.5, 0.6) is 0 Å². The van der Waals surface area contributed by atoms with Gasteiger partial charge in [0.25, 0.3) is 11.8 Å². The van der Waals surface area contributed by atoms with Crippen molar-refractivity contribution in [3.05, 3.63) is 94.0 Å². The number of amides is 2. The molecule has 0 unspecified atom stereocenters. The fourth-order valence-corrected chi connectivity index (χ4v) is 4.86. The molecule has 3 aromatic rings. The normalized spacial score (nSPS) is 13.5. The summed E-state index contributed by atoms with van der Waals surface area (Å²) in [5, 5.41) is 16.1. The number of aryl methyl sites for hydroxylation is 2. The molecule has 0 radical (unpaired) electrons. The van der Waals surface area contributed by atoms with Gasteiger partial charge in [0.05, 0.1) is 37.3 Å². The Balaban J connectivity index is 1.54. The molecule has 4 rings (SSSR count). The third-order valence-corrected chi connectivity index (χ3v) is 7.49. The highest BCUT2D eigenvalue weighted by atomic mass is 32.2. The largest absolute Gasteiger partial charge is 0.396 e. The van der Waals surface area contributed by atoms with E-state index in [1.54, 1.807) is 36.2 Å². The molecule has 0 spiro atoms. The first-order valence-corrected chi connectivity index (χ1v) is 14.1. The lowest BCUT2D eigenvalue weighted by Crippen LogP contribution is -2.36. The number of nitrogens with zero attached hydrogens (tertiary/aromatic N) is 2. The number of morpholine rings is 1. The average molecular weight is 547 g/mol. The molecule has 1 heterocycles. The van der Waals surface area contributed by atoms with Gasteiger partial charge in [0.15, 0.2) is 0 Å². The molecule has 8 nitrogen and oxygen atoms in total. The van der Waals surface area contributed by atoms with Crippen LogP contribution in [0.15, 0.2) is 65.8 Å². The molecular formula is C30H34N4O4S. The summed E-state index contributed by atoms with van der Waals surface area (Å²) in [4.78, 5) is 28.6. The molecule has 3 aromatic carbocycles. The van der Waals surface area contributed by atoms with Crippen LogP contribution in [0, 0.1) is 13.8 Å². The van der Waals surface area contributed by atoms with Gasteiger partial charge in [-0.15, -0.1) is 0 Å². The van der Waals surface area contributed by atoms with Gasteiger partial charge in [-0.3, -0.25) is 9.59 Å². The van der Waals surface area contributed by atoms with Crippen LogP contribution in [0.2, 0.25) is 0 Å². The summed E-state index contributed by atoms with van der Waals surface area (Å²) >= 11 is 1.60. The number of carbonyl (C=O) groups excluding carboxylic acids is 2. The topological polar surface area (TPSA) is 103 Å². The van der Waals surface area contributed by atoms with Gasteiger partial charge >= 0.3 is 0 Å². The summed E-state index contributed by atoms with van der Waals surface area (Å²) in [6.45, 7) is 6.87. The molecule has 0 aliphatic carbocycles. The molecule has 0 saturated carbocycles. The predicted molar refractivity (Wildman–Crippen MR) is 158 cm³/mol. The number of nitrogens with one attached hydrogen (secondary N) is 2. The van der Waals surface area contributed by atoms with E-state index >= 15 is 0 Å². The molecular weight excluding hydrogens is 512 g/mol. The van der Waals surface area contributed by atoms with Crippen molar-refractivity contribution in [2.45, 2.75) is 19.6 Å². The zero-order valence-electron chi connectivity index (χ0n) is 22.3. The summed E-state index contributed by atoms with van der Waals surface area (Å²) in [5.74, 6) is 0.601. The van der Waals surface area contributed by atoms with Crippen molar-refractivity contribution in [1.29, 1.82) is 0 Å². The molecule has 0 atom stereocenters. The Morgan fingerprint density at radius 2 is 1.85 bits per heavy atom. The van der Waals surface area contributed by atoms with Crippen LogP contribution in [0.25, 0.3) is 0 Å². The molecule has 204 valence electrons. The number of aliphatic hydroxyl groups excluding tert-OH is 1. The third kappa shape index (κ3) is 7.92. The van der Waals surface area contributed by atoms with E-state index in [-0.39, 0.29) is 12.5 Å². The Morgan fingerprint density at radius 3 is 2.62 bits per heavy atom. The van der Waals surface area contributed by atoms with Crippen molar-refractivity contribution in [3.63, 3.8) is 0 Å². The van der Waals surface area contributed by atoms with Gasteiger partial charge in [-0.2, -0.15) is 16.9 Å². The van der Waals surface area contributed by atoms with E-state index < -0.39 is 5.91 Å². The van der Waals surface area contributed by atoms with Crippen molar-refractivity contribution in [1.82, 2.24) is 5.43 Å². The number of hydrogen-bond acceptors (Lipinski definition) is 7. The summed E-state index contributed by atoms with van der Waals surface area (Å²) < 4.78 is 5.46. The minimum atomic E-state index is -0.422. The summed E-state index contributed by atoms with van der Waals surface area (Å²) in [6.07, 6.45) is 1.61. The van der Waals surface area contributed by atoms with Crippen molar-refractivity contribution in [3.8, 4) is 0 Å².